The number of likely N-dealkylation sites (N-methyl/N-ethyl adjacent to an activating group) is 1. The number of rotatable bonds is 7. The zero-order valence-corrected chi connectivity index (χ0v) is 10.9. The molecule has 100 valence electrons. The van der Waals surface area contributed by atoms with Crippen LogP contribution in [0.4, 0.5) is 0 Å². The Labute approximate surface area is 108 Å². The van der Waals surface area contributed by atoms with Crippen molar-refractivity contribution >= 4 is 5.91 Å². The maximum Gasteiger partial charge on any atom is 0.227 e. The minimum absolute atomic E-state index is 0.0117. The lowest BCUT2D eigenvalue weighted by Crippen LogP contribution is -2.41. The van der Waals surface area contributed by atoms with Gasteiger partial charge in [-0.2, -0.15) is 0 Å². The number of hydrogen-bond donors (Lipinski definition) is 2. The van der Waals surface area contributed by atoms with Gasteiger partial charge in [-0.1, -0.05) is 30.3 Å². The fraction of sp³-hybridized carbons (Fsp3) is 0.500. The van der Waals surface area contributed by atoms with Crippen LogP contribution in [0.25, 0.3) is 0 Å². The Bertz CT molecular complexity index is 354. The molecule has 0 aliphatic rings. The van der Waals surface area contributed by atoms with Gasteiger partial charge in [-0.3, -0.25) is 4.79 Å². The molecule has 1 rings (SSSR count). The largest absolute Gasteiger partial charge is 0.395 e. The van der Waals surface area contributed by atoms with Crippen LogP contribution in [0.1, 0.15) is 12.5 Å². The number of nitrogens with two attached hydrogens (primary N) is 1. The zero-order valence-electron chi connectivity index (χ0n) is 10.9. The smallest absolute Gasteiger partial charge is 0.227 e. The van der Waals surface area contributed by atoms with Gasteiger partial charge in [0.2, 0.25) is 5.91 Å². The van der Waals surface area contributed by atoms with E-state index in [1.807, 2.05) is 37.3 Å². The number of nitrogens with zero attached hydrogens (tertiary/aromatic N) is 1. The number of aliphatic hydroxyl groups excluding tert-OH is 1. The van der Waals surface area contributed by atoms with Crippen molar-refractivity contribution in [2.75, 3.05) is 26.2 Å². The molecule has 18 heavy (non-hydrogen) atoms. The molecule has 0 heterocycles. The van der Waals surface area contributed by atoms with Crippen LogP contribution in [-0.4, -0.2) is 42.2 Å². The van der Waals surface area contributed by atoms with Crippen LogP contribution >= 0.6 is 0 Å². The van der Waals surface area contributed by atoms with Gasteiger partial charge in [-0.15, -0.1) is 0 Å². The van der Waals surface area contributed by atoms with Crippen LogP contribution < -0.4 is 5.73 Å². The van der Waals surface area contributed by atoms with E-state index in [1.165, 1.54) is 0 Å². The Morgan fingerprint density at radius 2 is 2.06 bits per heavy atom. The van der Waals surface area contributed by atoms with E-state index in [2.05, 4.69) is 0 Å². The number of aliphatic hydroxyl groups is 1. The van der Waals surface area contributed by atoms with Crippen LogP contribution in [0.5, 0.6) is 0 Å². The predicted octanol–water partition coefficient (Wildman–Crippen LogP) is 0.645. The van der Waals surface area contributed by atoms with Gasteiger partial charge < -0.3 is 15.7 Å². The minimum atomic E-state index is -0.209. The molecule has 0 saturated heterocycles. The second-order valence-electron chi connectivity index (χ2n) is 4.26. The van der Waals surface area contributed by atoms with Gasteiger partial charge in [0.25, 0.3) is 0 Å². The molecular weight excluding hydrogens is 228 g/mol. The molecule has 1 unspecified atom stereocenters. The summed E-state index contributed by atoms with van der Waals surface area (Å²) < 4.78 is 0. The van der Waals surface area contributed by atoms with Gasteiger partial charge in [0.05, 0.1) is 12.5 Å². The number of carbonyl (C=O) groups excluding carboxylic acids is 1. The number of hydrogen-bond acceptors (Lipinski definition) is 3. The van der Waals surface area contributed by atoms with E-state index in [0.29, 0.717) is 26.1 Å². The highest BCUT2D eigenvalue weighted by Gasteiger charge is 2.22. The first-order valence-corrected chi connectivity index (χ1v) is 6.36. The van der Waals surface area contributed by atoms with Crippen molar-refractivity contribution in [3.05, 3.63) is 35.9 Å². The molecule has 4 nitrogen and oxygen atoms in total. The molecule has 0 fully saturated rings. The lowest BCUT2D eigenvalue weighted by Gasteiger charge is -2.25. The maximum absolute atomic E-state index is 12.2. The Morgan fingerprint density at radius 3 is 2.56 bits per heavy atom. The van der Waals surface area contributed by atoms with Gasteiger partial charge >= 0.3 is 0 Å². The van der Waals surface area contributed by atoms with E-state index in [4.69, 9.17) is 10.8 Å². The molecular formula is C14H22N2O2. The third-order valence-electron chi connectivity index (χ3n) is 3.02. The fourth-order valence-corrected chi connectivity index (χ4v) is 1.97. The van der Waals surface area contributed by atoms with Crippen molar-refractivity contribution in [2.45, 2.75) is 13.3 Å². The van der Waals surface area contributed by atoms with Gasteiger partial charge in [-0.25, -0.2) is 0 Å². The van der Waals surface area contributed by atoms with Crippen LogP contribution in [0.2, 0.25) is 0 Å². The van der Waals surface area contributed by atoms with Crippen LogP contribution in [0, 0.1) is 5.92 Å². The van der Waals surface area contributed by atoms with Crippen molar-refractivity contribution in [3.8, 4) is 0 Å². The maximum atomic E-state index is 12.2. The molecule has 3 N–H and O–H groups in total. The average Bonchev–Trinajstić information content (AvgIpc) is 2.42. The van der Waals surface area contributed by atoms with E-state index in [9.17, 15) is 4.79 Å². The third-order valence-corrected chi connectivity index (χ3v) is 3.02. The first kappa shape index (κ1) is 14.7. The monoisotopic (exact) mass is 250 g/mol. The van der Waals surface area contributed by atoms with E-state index in [-0.39, 0.29) is 18.4 Å². The first-order valence-electron chi connectivity index (χ1n) is 6.36. The highest BCUT2D eigenvalue weighted by atomic mass is 16.3. The minimum Gasteiger partial charge on any atom is -0.395 e. The summed E-state index contributed by atoms with van der Waals surface area (Å²) in [4.78, 5) is 13.9. The number of benzene rings is 1. The zero-order chi connectivity index (χ0) is 13.4. The fourth-order valence-electron chi connectivity index (χ4n) is 1.97. The van der Waals surface area contributed by atoms with Gasteiger partial charge in [-0.05, 0) is 18.9 Å². The Morgan fingerprint density at radius 1 is 1.39 bits per heavy atom. The summed E-state index contributed by atoms with van der Waals surface area (Å²) in [6.45, 7) is 3.20. The normalized spacial score (nSPS) is 12.2. The summed E-state index contributed by atoms with van der Waals surface area (Å²) >= 11 is 0. The van der Waals surface area contributed by atoms with Crippen molar-refractivity contribution in [2.24, 2.45) is 11.7 Å². The van der Waals surface area contributed by atoms with Crippen LogP contribution in [0.15, 0.2) is 30.3 Å². The summed E-state index contributed by atoms with van der Waals surface area (Å²) in [7, 11) is 0. The Kier molecular flexibility index (Phi) is 6.39. The predicted molar refractivity (Wildman–Crippen MR) is 72.0 cm³/mol. The quantitative estimate of drug-likeness (QED) is 0.746. The number of carbonyl (C=O) groups is 1. The summed E-state index contributed by atoms with van der Waals surface area (Å²) in [6.07, 6.45) is 0.651. The Balaban J connectivity index is 2.67. The van der Waals surface area contributed by atoms with E-state index < -0.39 is 0 Å². The lowest BCUT2D eigenvalue weighted by molar-refractivity contribution is -0.135. The second kappa shape index (κ2) is 7.84. The van der Waals surface area contributed by atoms with Crippen molar-refractivity contribution in [3.63, 3.8) is 0 Å². The van der Waals surface area contributed by atoms with Crippen molar-refractivity contribution in [1.29, 1.82) is 0 Å². The van der Waals surface area contributed by atoms with Gasteiger partial charge in [0.1, 0.15) is 0 Å². The highest BCUT2D eigenvalue weighted by Crippen LogP contribution is 2.11. The summed E-state index contributed by atoms with van der Waals surface area (Å²) in [6, 6.07) is 9.86. The van der Waals surface area contributed by atoms with Crippen molar-refractivity contribution in [1.82, 2.24) is 4.90 Å². The van der Waals surface area contributed by atoms with Crippen LogP contribution in [-0.2, 0) is 11.2 Å². The summed E-state index contributed by atoms with van der Waals surface area (Å²) in [5.74, 6) is -0.184. The molecule has 1 aromatic carbocycles. The molecule has 0 saturated carbocycles. The van der Waals surface area contributed by atoms with Gasteiger partial charge in [0, 0.05) is 19.6 Å². The highest BCUT2D eigenvalue weighted by molar-refractivity contribution is 5.79. The molecule has 4 heteroatoms. The average molecular weight is 250 g/mol. The molecule has 0 bridgehead atoms. The van der Waals surface area contributed by atoms with Crippen molar-refractivity contribution < 1.29 is 9.90 Å². The van der Waals surface area contributed by atoms with E-state index in [1.54, 1.807) is 4.90 Å². The molecule has 0 radical (unpaired) electrons. The van der Waals surface area contributed by atoms with E-state index >= 15 is 0 Å². The van der Waals surface area contributed by atoms with E-state index in [0.717, 1.165) is 5.56 Å². The molecule has 0 aromatic heterocycles. The third kappa shape index (κ3) is 4.13. The molecule has 0 aliphatic heterocycles. The van der Waals surface area contributed by atoms with Crippen LogP contribution in [0.3, 0.4) is 0 Å². The standard InChI is InChI=1S/C14H22N2O2/c1-2-16(8-9-17)14(18)13(11-15)10-12-6-4-3-5-7-12/h3-7,13,17H,2,8-11,15H2,1H3. The first-order chi connectivity index (χ1) is 8.72. The molecule has 0 spiro atoms. The summed E-state index contributed by atoms with van der Waals surface area (Å²) in [5, 5.41) is 8.94. The molecule has 1 aromatic rings. The molecule has 1 amide bonds. The summed E-state index contributed by atoms with van der Waals surface area (Å²) in [5.41, 5.74) is 6.81. The molecule has 1 atom stereocenters. The van der Waals surface area contributed by atoms with Gasteiger partial charge in [0.15, 0.2) is 0 Å². The molecule has 0 aliphatic carbocycles. The Hall–Kier alpha value is -1.39. The number of amides is 1. The lowest BCUT2D eigenvalue weighted by atomic mass is 9.98. The topological polar surface area (TPSA) is 66.6 Å². The second-order valence-corrected chi connectivity index (χ2v) is 4.26. The SMILES string of the molecule is CCN(CCO)C(=O)C(CN)Cc1ccccc1.